The van der Waals surface area contributed by atoms with Crippen LogP contribution in [0.15, 0.2) is 71.8 Å². The average Bonchev–Trinajstić information content (AvgIpc) is 3.42. The van der Waals surface area contributed by atoms with Crippen LogP contribution in [0, 0.1) is 13.8 Å². The molecule has 0 unspecified atom stereocenters. The molecule has 2 heterocycles. The lowest BCUT2D eigenvalue weighted by Gasteiger charge is -2.39. The third kappa shape index (κ3) is 5.25. The minimum atomic E-state index is -4.05. The number of benzene rings is 3. The first-order valence-corrected chi connectivity index (χ1v) is 15.2. The number of rotatable bonds is 8. The molecule has 0 aliphatic carbocycles. The predicted molar refractivity (Wildman–Crippen MR) is 158 cm³/mol. The summed E-state index contributed by atoms with van der Waals surface area (Å²) in [5, 5.41) is 0.608. The molecule has 1 aliphatic heterocycles. The minimum absolute atomic E-state index is 0.0844. The van der Waals surface area contributed by atoms with Gasteiger partial charge < -0.3 is 18.8 Å². The van der Waals surface area contributed by atoms with Gasteiger partial charge in [0.05, 0.1) is 37.4 Å². The zero-order valence-corrected chi connectivity index (χ0v) is 24.9. The highest BCUT2D eigenvalue weighted by Crippen LogP contribution is 2.43. The fourth-order valence-electron chi connectivity index (χ4n) is 5.90. The summed E-state index contributed by atoms with van der Waals surface area (Å²) in [6.07, 6.45) is 2.90. The summed E-state index contributed by atoms with van der Waals surface area (Å²) in [5.41, 5.74) is 4.99. The first-order chi connectivity index (χ1) is 19.7. The van der Waals surface area contributed by atoms with Crippen LogP contribution in [0.1, 0.15) is 52.9 Å². The highest BCUT2D eigenvalue weighted by molar-refractivity contribution is 7.89. The third-order valence-corrected chi connectivity index (χ3v) is 9.85. The third-order valence-electron chi connectivity index (χ3n) is 7.86. The van der Waals surface area contributed by atoms with Crippen molar-refractivity contribution in [3.8, 4) is 11.4 Å². The van der Waals surface area contributed by atoms with Crippen molar-refractivity contribution in [2.24, 2.45) is 0 Å². The second-order valence-corrected chi connectivity index (χ2v) is 12.1. The molecule has 1 aromatic heterocycles. The van der Waals surface area contributed by atoms with Gasteiger partial charge in [-0.3, -0.25) is 0 Å². The Balaban J connectivity index is 1.66. The Kier molecular flexibility index (Phi) is 8.22. The van der Waals surface area contributed by atoms with E-state index in [9.17, 15) is 13.2 Å². The summed E-state index contributed by atoms with van der Waals surface area (Å²) < 4.78 is 49.5. The number of nitrogens with zero attached hydrogens (tertiary/aromatic N) is 2. The van der Waals surface area contributed by atoms with E-state index in [0.717, 1.165) is 27.9 Å². The molecular formula is C32H36N2O6S. The molecular weight excluding hydrogens is 540 g/mol. The summed E-state index contributed by atoms with van der Waals surface area (Å²) in [6.45, 7) is 6.78. The maximum atomic E-state index is 14.7. The molecule has 0 amide bonds. The maximum Gasteiger partial charge on any atom is 0.337 e. The van der Waals surface area contributed by atoms with Gasteiger partial charge in [-0.2, -0.15) is 4.31 Å². The highest BCUT2D eigenvalue weighted by Gasteiger charge is 2.40. The Morgan fingerprint density at radius 3 is 2.39 bits per heavy atom. The van der Waals surface area contributed by atoms with Gasteiger partial charge in [0.15, 0.2) is 0 Å². The largest absolute Gasteiger partial charge is 0.495 e. The number of aryl methyl sites for hydroxylation is 2. The molecule has 0 radical (unpaired) electrons. The van der Waals surface area contributed by atoms with E-state index in [1.165, 1.54) is 14.2 Å². The van der Waals surface area contributed by atoms with Gasteiger partial charge in [-0.25, -0.2) is 13.2 Å². The molecule has 8 nitrogen and oxygen atoms in total. The lowest BCUT2D eigenvalue weighted by Crippen LogP contribution is -2.43. The first kappa shape index (κ1) is 28.9. The van der Waals surface area contributed by atoms with Crippen molar-refractivity contribution in [3.05, 3.63) is 89.1 Å². The van der Waals surface area contributed by atoms with Crippen LogP contribution in [-0.2, 0) is 19.5 Å². The molecule has 3 aromatic carbocycles. The monoisotopic (exact) mass is 576 g/mol. The fourth-order valence-corrected chi connectivity index (χ4v) is 7.86. The average molecular weight is 577 g/mol. The number of para-hydroxylation sites is 1. The van der Waals surface area contributed by atoms with Crippen LogP contribution in [0.4, 0.5) is 0 Å². The van der Waals surface area contributed by atoms with E-state index in [2.05, 4.69) is 0 Å². The number of hydrogen-bond acceptors (Lipinski definition) is 6. The quantitative estimate of drug-likeness (QED) is 0.240. The van der Waals surface area contributed by atoms with Gasteiger partial charge in [0, 0.05) is 30.4 Å². The van der Waals surface area contributed by atoms with E-state index in [0.29, 0.717) is 36.1 Å². The number of carbonyl (C=O) groups is 1. The Labute approximate surface area is 241 Å². The number of ether oxygens (including phenoxy) is 3. The fraction of sp³-hybridized carbons (Fsp3) is 0.344. The molecule has 0 spiro atoms. The van der Waals surface area contributed by atoms with Gasteiger partial charge in [-0.05, 0) is 80.6 Å². The molecule has 9 heteroatoms. The zero-order valence-electron chi connectivity index (χ0n) is 24.1. The number of piperidine rings is 1. The number of esters is 1. The van der Waals surface area contributed by atoms with Crippen molar-refractivity contribution in [1.82, 2.24) is 8.87 Å². The van der Waals surface area contributed by atoms with Gasteiger partial charge >= 0.3 is 5.97 Å². The first-order valence-electron chi connectivity index (χ1n) is 13.8. The smallest absolute Gasteiger partial charge is 0.337 e. The van der Waals surface area contributed by atoms with Gasteiger partial charge in [-0.1, -0.05) is 30.3 Å². The molecule has 2 atom stereocenters. The maximum absolute atomic E-state index is 14.7. The van der Waals surface area contributed by atoms with Crippen LogP contribution >= 0.6 is 0 Å². The molecule has 0 N–H and O–H groups in total. The highest BCUT2D eigenvalue weighted by atomic mass is 32.2. The van der Waals surface area contributed by atoms with Crippen LogP contribution < -0.4 is 4.74 Å². The van der Waals surface area contributed by atoms with Crippen LogP contribution in [0.2, 0.25) is 0 Å². The standard InChI is InChI=1S/C32H36N2O6S/c1-6-40-25-15-18-34(28(20-25)23-11-13-24(14-12-23)32(35)39-5)41(36,37)31-26-16-17-33(27-10-8-7-9-21(27)2)30(26)22(3)19-29(31)38-4/h7-14,16-17,19,25,28H,6,15,18,20H2,1-5H3/t25-,28-/m0/s1. The number of hydrogen-bond donors (Lipinski definition) is 0. The van der Waals surface area contributed by atoms with Crippen LogP contribution in [0.25, 0.3) is 16.6 Å². The number of carbonyl (C=O) groups excluding carboxylic acids is 1. The van der Waals surface area contributed by atoms with Crippen LogP contribution in [-0.4, -0.2) is 56.7 Å². The molecule has 0 saturated carbocycles. The lowest BCUT2D eigenvalue weighted by atomic mass is 9.94. The van der Waals surface area contributed by atoms with Crippen molar-refractivity contribution >= 4 is 26.9 Å². The van der Waals surface area contributed by atoms with E-state index < -0.39 is 22.0 Å². The molecule has 1 aliphatic rings. The number of fused-ring (bicyclic) bond motifs is 1. The van der Waals surface area contributed by atoms with Crippen molar-refractivity contribution in [3.63, 3.8) is 0 Å². The number of aromatic nitrogens is 1. The normalized spacial score (nSPS) is 18.0. The van der Waals surface area contributed by atoms with E-state index in [-0.39, 0.29) is 17.5 Å². The molecule has 1 fully saturated rings. The molecule has 5 rings (SSSR count). The second kappa shape index (κ2) is 11.7. The van der Waals surface area contributed by atoms with E-state index >= 15 is 0 Å². The summed E-state index contributed by atoms with van der Waals surface area (Å²) >= 11 is 0. The van der Waals surface area contributed by atoms with Crippen molar-refractivity contribution in [2.75, 3.05) is 27.4 Å². The summed E-state index contributed by atoms with van der Waals surface area (Å²) in [6, 6.07) is 18.1. The zero-order chi connectivity index (χ0) is 29.3. The summed E-state index contributed by atoms with van der Waals surface area (Å²) in [5.74, 6) is -0.133. The number of methoxy groups -OCH3 is 2. The molecule has 216 valence electrons. The predicted octanol–water partition coefficient (Wildman–Crippen LogP) is 5.97. The van der Waals surface area contributed by atoms with Gasteiger partial charge in [0.2, 0.25) is 10.0 Å². The summed E-state index contributed by atoms with van der Waals surface area (Å²) in [7, 11) is -1.21. The van der Waals surface area contributed by atoms with Crippen LogP contribution in [0.3, 0.4) is 0 Å². The SMILES string of the molecule is CCO[C@H]1CCN(S(=O)(=O)c2c(OC)cc(C)c3c2ccn3-c2ccccc2C)[C@H](c2ccc(C(=O)OC)cc2)C1. The molecule has 0 bridgehead atoms. The minimum Gasteiger partial charge on any atom is -0.495 e. The molecule has 1 saturated heterocycles. The molecule has 4 aromatic rings. The Morgan fingerprint density at radius 2 is 1.73 bits per heavy atom. The lowest BCUT2D eigenvalue weighted by molar-refractivity contribution is 0.0108. The number of sulfonamides is 1. The Morgan fingerprint density at radius 1 is 1.00 bits per heavy atom. The van der Waals surface area contributed by atoms with Crippen molar-refractivity contribution in [1.29, 1.82) is 0 Å². The van der Waals surface area contributed by atoms with Crippen molar-refractivity contribution < 1.29 is 27.4 Å². The van der Waals surface area contributed by atoms with Gasteiger partial charge in [0.1, 0.15) is 10.6 Å². The molecule has 41 heavy (non-hydrogen) atoms. The second-order valence-electron chi connectivity index (χ2n) is 10.3. The van der Waals surface area contributed by atoms with Gasteiger partial charge in [0.25, 0.3) is 0 Å². The Hall–Kier alpha value is -3.66. The summed E-state index contributed by atoms with van der Waals surface area (Å²) in [4.78, 5) is 12.2. The Bertz CT molecular complexity index is 1680. The van der Waals surface area contributed by atoms with Crippen molar-refractivity contribution in [2.45, 2.75) is 50.7 Å². The van der Waals surface area contributed by atoms with E-state index in [4.69, 9.17) is 14.2 Å². The van der Waals surface area contributed by atoms with Gasteiger partial charge in [-0.15, -0.1) is 0 Å². The van der Waals surface area contributed by atoms with Crippen LogP contribution in [0.5, 0.6) is 5.75 Å². The van der Waals surface area contributed by atoms with E-state index in [1.54, 1.807) is 34.6 Å². The topological polar surface area (TPSA) is 87.1 Å². The van der Waals surface area contributed by atoms with E-state index in [1.807, 2.05) is 61.9 Å².